The van der Waals surface area contributed by atoms with E-state index in [4.69, 9.17) is 4.74 Å². The molecule has 0 aliphatic rings. The van der Waals surface area contributed by atoms with Crippen molar-refractivity contribution in [1.29, 1.82) is 0 Å². The zero-order valence-electron chi connectivity index (χ0n) is 10.1. The van der Waals surface area contributed by atoms with E-state index in [9.17, 15) is 0 Å². The van der Waals surface area contributed by atoms with Crippen molar-refractivity contribution in [3.8, 4) is 0 Å². The van der Waals surface area contributed by atoms with Crippen LogP contribution in [0, 0.1) is 5.92 Å². The highest BCUT2D eigenvalue weighted by Crippen LogP contribution is 2.07. The maximum absolute atomic E-state index is 5.27. The van der Waals surface area contributed by atoms with Gasteiger partial charge in [0.1, 0.15) is 0 Å². The average molecular weight is 218 g/mol. The molecule has 0 amide bonds. The second kappa shape index (κ2) is 11.6. The Balaban J connectivity index is 3.77. The van der Waals surface area contributed by atoms with Crippen LogP contribution in [0.1, 0.15) is 19.8 Å². The predicted octanol–water partition coefficient (Wildman–Crippen LogP) is 4.42. The van der Waals surface area contributed by atoms with Crippen molar-refractivity contribution in [3.05, 3.63) is 62.0 Å². The number of rotatable bonds is 9. The lowest BCUT2D eigenvalue weighted by Gasteiger charge is -2.02. The third-order valence-corrected chi connectivity index (χ3v) is 2.01. The molecular formula is C15H22O. The minimum atomic E-state index is 0.371. The monoisotopic (exact) mass is 218 g/mol. The third-order valence-electron chi connectivity index (χ3n) is 2.01. The van der Waals surface area contributed by atoms with E-state index in [1.54, 1.807) is 6.26 Å². The first-order valence-corrected chi connectivity index (χ1v) is 5.64. The molecule has 0 bridgehead atoms. The van der Waals surface area contributed by atoms with E-state index in [1.165, 1.54) is 0 Å². The first-order chi connectivity index (χ1) is 7.85. The van der Waals surface area contributed by atoms with Crippen LogP contribution in [-0.4, -0.2) is 6.61 Å². The van der Waals surface area contributed by atoms with Crippen molar-refractivity contribution in [2.24, 2.45) is 5.92 Å². The maximum Gasteiger partial charge on any atom is 0.0907 e. The predicted molar refractivity (Wildman–Crippen MR) is 72.2 cm³/mol. The topological polar surface area (TPSA) is 9.23 Å². The van der Waals surface area contributed by atoms with Gasteiger partial charge in [0.2, 0.25) is 0 Å². The summed E-state index contributed by atoms with van der Waals surface area (Å²) in [5.74, 6) is 0.371. The molecule has 1 unspecified atom stereocenters. The van der Waals surface area contributed by atoms with Crippen molar-refractivity contribution < 1.29 is 4.74 Å². The van der Waals surface area contributed by atoms with Crippen LogP contribution >= 0.6 is 0 Å². The van der Waals surface area contributed by atoms with E-state index in [0.29, 0.717) is 12.5 Å². The Morgan fingerprint density at radius 1 is 1.25 bits per heavy atom. The molecule has 0 N–H and O–H groups in total. The van der Waals surface area contributed by atoms with Crippen LogP contribution in [0.2, 0.25) is 0 Å². The summed E-state index contributed by atoms with van der Waals surface area (Å²) in [6.07, 6.45) is 17.6. The molecular weight excluding hydrogens is 196 g/mol. The van der Waals surface area contributed by atoms with Crippen LogP contribution in [0.5, 0.6) is 0 Å². The van der Waals surface area contributed by atoms with Crippen LogP contribution in [0.4, 0.5) is 0 Å². The van der Waals surface area contributed by atoms with Crippen LogP contribution in [0.15, 0.2) is 62.0 Å². The molecule has 0 aliphatic heterocycles. The fourth-order valence-corrected chi connectivity index (χ4v) is 1.07. The first kappa shape index (κ1) is 14.5. The Kier molecular flexibility index (Phi) is 10.5. The number of ether oxygens (including phenoxy) is 1. The molecule has 0 aliphatic carbocycles. The Morgan fingerprint density at radius 3 is 2.69 bits per heavy atom. The zero-order valence-corrected chi connectivity index (χ0v) is 10.1. The lowest BCUT2D eigenvalue weighted by atomic mass is 10.1. The molecule has 0 fully saturated rings. The van der Waals surface area contributed by atoms with Crippen molar-refractivity contribution in [1.82, 2.24) is 0 Å². The molecule has 0 radical (unpaired) electrons. The standard InChI is InChI=1S/C15H22O/c1-4-7-9-11-15(6-3)12-10-14-16-13-8-5-2/h4-7,9-11,14-15H,2-3,8,12-13H2,1H3/b7-4+,11-9+,14-10+. The smallest absolute Gasteiger partial charge is 0.0907 e. The molecule has 88 valence electrons. The van der Waals surface area contributed by atoms with E-state index in [0.717, 1.165) is 12.8 Å². The van der Waals surface area contributed by atoms with E-state index >= 15 is 0 Å². The maximum atomic E-state index is 5.27. The second-order valence-corrected chi connectivity index (χ2v) is 3.37. The SMILES string of the molecule is C=CCCO/C=C/CC(C=C)/C=C/C=C/C. The molecule has 1 heteroatoms. The highest BCUT2D eigenvalue weighted by Gasteiger charge is 1.94. The van der Waals surface area contributed by atoms with Crippen LogP contribution in [0.3, 0.4) is 0 Å². The van der Waals surface area contributed by atoms with Crippen LogP contribution < -0.4 is 0 Å². The van der Waals surface area contributed by atoms with E-state index in [2.05, 4.69) is 19.2 Å². The molecule has 0 saturated heterocycles. The van der Waals surface area contributed by atoms with Gasteiger partial charge in [0.15, 0.2) is 0 Å². The molecule has 0 saturated carbocycles. The summed E-state index contributed by atoms with van der Waals surface area (Å²) in [4.78, 5) is 0. The largest absolute Gasteiger partial charge is 0.501 e. The summed E-state index contributed by atoms with van der Waals surface area (Å²) in [5, 5.41) is 0. The fraction of sp³-hybridized carbons (Fsp3) is 0.333. The summed E-state index contributed by atoms with van der Waals surface area (Å²) in [6, 6.07) is 0. The zero-order chi connectivity index (χ0) is 12.1. The van der Waals surface area contributed by atoms with Gasteiger partial charge in [0.05, 0.1) is 12.9 Å². The van der Waals surface area contributed by atoms with Gasteiger partial charge in [-0.2, -0.15) is 0 Å². The van der Waals surface area contributed by atoms with Gasteiger partial charge in [-0.15, -0.1) is 13.2 Å². The van der Waals surface area contributed by atoms with Crippen molar-refractivity contribution in [2.45, 2.75) is 19.8 Å². The Labute approximate surface area is 99.5 Å². The van der Waals surface area contributed by atoms with E-state index in [-0.39, 0.29) is 0 Å². The van der Waals surface area contributed by atoms with Gasteiger partial charge in [0.25, 0.3) is 0 Å². The van der Waals surface area contributed by atoms with Gasteiger partial charge < -0.3 is 4.74 Å². The van der Waals surface area contributed by atoms with Gasteiger partial charge in [-0.25, -0.2) is 0 Å². The van der Waals surface area contributed by atoms with Gasteiger partial charge in [0, 0.05) is 0 Å². The van der Waals surface area contributed by atoms with Gasteiger partial charge in [-0.3, -0.25) is 0 Å². The minimum absolute atomic E-state index is 0.371. The fourth-order valence-electron chi connectivity index (χ4n) is 1.07. The highest BCUT2D eigenvalue weighted by molar-refractivity contribution is 5.08. The Morgan fingerprint density at radius 2 is 2.06 bits per heavy atom. The third kappa shape index (κ3) is 9.07. The molecule has 0 heterocycles. The minimum Gasteiger partial charge on any atom is -0.501 e. The molecule has 16 heavy (non-hydrogen) atoms. The normalized spacial score (nSPS) is 13.6. The van der Waals surface area contributed by atoms with Crippen molar-refractivity contribution in [2.75, 3.05) is 6.61 Å². The number of hydrogen-bond donors (Lipinski definition) is 0. The average Bonchev–Trinajstić information content (AvgIpc) is 2.31. The van der Waals surface area contributed by atoms with Crippen molar-refractivity contribution in [3.63, 3.8) is 0 Å². The molecule has 0 aromatic rings. The second-order valence-electron chi connectivity index (χ2n) is 3.37. The van der Waals surface area contributed by atoms with Gasteiger partial charge in [-0.05, 0) is 31.8 Å². The summed E-state index contributed by atoms with van der Waals surface area (Å²) < 4.78 is 5.27. The van der Waals surface area contributed by atoms with Crippen molar-refractivity contribution >= 4 is 0 Å². The first-order valence-electron chi connectivity index (χ1n) is 5.64. The number of hydrogen-bond acceptors (Lipinski definition) is 1. The molecule has 0 rings (SSSR count). The molecule has 0 aromatic heterocycles. The summed E-state index contributed by atoms with van der Waals surface area (Å²) in [5.41, 5.74) is 0. The summed E-state index contributed by atoms with van der Waals surface area (Å²) >= 11 is 0. The number of allylic oxidation sites excluding steroid dienone is 6. The lowest BCUT2D eigenvalue weighted by Crippen LogP contribution is -1.89. The Hall–Kier alpha value is -1.50. The Bertz CT molecular complexity index is 259. The summed E-state index contributed by atoms with van der Waals surface area (Å²) in [6.45, 7) is 10.1. The molecule has 0 spiro atoms. The lowest BCUT2D eigenvalue weighted by molar-refractivity contribution is 0.255. The van der Waals surface area contributed by atoms with Gasteiger partial charge in [-0.1, -0.05) is 36.5 Å². The highest BCUT2D eigenvalue weighted by atomic mass is 16.5. The van der Waals surface area contributed by atoms with Gasteiger partial charge >= 0.3 is 0 Å². The van der Waals surface area contributed by atoms with E-state index < -0.39 is 0 Å². The quantitative estimate of drug-likeness (QED) is 0.241. The molecule has 1 atom stereocenters. The van der Waals surface area contributed by atoms with Crippen LogP contribution in [0.25, 0.3) is 0 Å². The van der Waals surface area contributed by atoms with E-state index in [1.807, 2.05) is 43.4 Å². The summed E-state index contributed by atoms with van der Waals surface area (Å²) in [7, 11) is 0. The molecule has 1 nitrogen and oxygen atoms in total. The molecule has 0 aromatic carbocycles. The van der Waals surface area contributed by atoms with Crippen LogP contribution in [-0.2, 0) is 4.74 Å².